The second-order valence-corrected chi connectivity index (χ2v) is 4.90. The highest BCUT2D eigenvalue weighted by atomic mass is 19.1. The standard InChI is InChI=1S/C16H16FN3O/c1-10(2)8-14-16(19-11(3)21)18-9-15(20-14)12-4-6-13(17)7-5-12/h4-9H,1-3H3,(H,18,19,21). The van der Waals surface area contributed by atoms with E-state index >= 15 is 0 Å². The van der Waals surface area contributed by atoms with Crippen LogP contribution in [0.25, 0.3) is 17.3 Å². The van der Waals surface area contributed by atoms with E-state index in [0.29, 0.717) is 17.2 Å². The Morgan fingerprint density at radius 2 is 1.86 bits per heavy atom. The fourth-order valence-corrected chi connectivity index (χ4v) is 1.80. The number of nitrogens with one attached hydrogen (secondary N) is 1. The van der Waals surface area contributed by atoms with E-state index in [9.17, 15) is 9.18 Å². The summed E-state index contributed by atoms with van der Waals surface area (Å²) in [6.07, 6.45) is 3.39. The molecule has 2 rings (SSSR count). The van der Waals surface area contributed by atoms with Gasteiger partial charge in [-0.25, -0.2) is 14.4 Å². The van der Waals surface area contributed by atoms with Crippen LogP contribution in [0.5, 0.6) is 0 Å². The van der Waals surface area contributed by atoms with Crippen molar-refractivity contribution in [1.29, 1.82) is 0 Å². The summed E-state index contributed by atoms with van der Waals surface area (Å²) in [4.78, 5) is 19.9. The topological polar surface area (TPSA) is 54.9 Å². The fraction of sp³-hybridized carbons (Fsp3) is 0.188. The third kappa shape index (κ3) is 3.95. The average Bonchev–Trinajstić information content (AvgIpc) is 2.40. The highest BCUT2D eigenvalue weighted by molar-refractivity contribution is 5.89. The zero-order valence-electron chi connectivity index (χ0n) is 12.1. The minimum atomic E-state index is -0.300. The average molecular weight is 285 g/mol. The van der Waals surface area contributed by atoms with Gasteiger partial charge < -0.3 is 5.32 Å². The number of carbonyl (C=O) groups is 1. The maximum absolute atomic E-state index is 13.0. The van der Waals surface area contributed by atoms with Gasteiger partial charge in [-0.05, 0) is 44.2 Å². The number of benzene rings is 1. The van der Waals surface area contributed by atoms with Gasteiger partial charge in [-0.15, -0.1) is 0 Å². The smallest absolute Gasteiger partial charge is 0.222 e. The summed E-state index contributed by atoms with van der Waals surface area (Å²) in [6, 6.07) is 6.03. The first-order valence-corrected chi connectivity index (χ1v) is 6.51. The van der Waals surface area contributed by atoms with Gasteiger partial charge in [0.2, 0.25) is 5.91 Å². The maximum atomic E-state index is 13.0. The van der Waals surface area contributed by atoms with E-state index in [2.05, 4.69) is 15.3 Å². The van der Waals surface area contributed by atoms with E-state index in [-0.39, 0.29) is 11.7 Å². The van der Waals surface area contributed by atoms with Crippen molar-refractivity contribution in [2.45, 2.75) is 20.8 Å². The van der Waals surface area contributed by atoms with Crippen LogP contribution in [0.15, 0.2) is 36.0 Å². The number of halogens is 1. The van der Waals surface area contributed by atoms with Crippen LogP contribution in [0.3, 0.4) is 0 Å². The third-order valence-electron chi connectivity index (χ3n) is 2.66. The lowest BCUT2D eigenvalue weighted by Crippen LogP contribution is -2.10. The molecule has 0 fully saturated rings. The number of allylic oxidation sites excluding steroid dienone is 1. The molecule has 0 saturated heterocycles. The largest absolute Gasteiger partial charge is 0.309 e. The van der Waals surface area contributed by atoms with Crippen LogP contribution in [0, 0.1) is 5.82 Å². The fourth-order valence-electron chi connectivity index (χ4n) is 1.80. The van der Waals surface area contributed by atoms with E-state index < -0.39 is 0 Å². The van der Waals surface area contributed by atoms with Crippen LogP contribution >= 0.6 is 0 Å². The highest BCUT2D eigenvalue weighted by Crippen LogP contribution is 2.21. The van der Waals surface area contributed by atoms with Gasteiger partial charge in [-0.2, -0.15) is 0 Å². The summed E-state index contributed by atoms with van der Waals surface area (Å²) in [5.74, 6) is -0.0945. The number of amides is 1. The monoisotopic (exact) mass is 285 g/mol. The summed E-state index contributed by atoms with van der Waals surface area (Å²) in [7, 11) is 0. The van der Waals surface area contributed by atoms with Crippen molar-refractivity contribution in [2.75, 3.05) is 5.32 Å². The Labute approximate surface area is 122 Å². The van der Waals surface area contributed by atoms with Gasteiger partial charge in [0.25, 0.3) is 0 Å². The molecule has 0 aliphatic heterocycles. The second kappa shape index (κ2) is 6.26. The minimum Gasteiger partial charge on any atom is -0.309 e. The molecule has 1 N–H and O–H groups in total. The van der Waals surface area contributed by atoms with E-state index in [1.54, 1.807) is 18.3 Å². The molecular formula is C16H16FN3O. The zero-order valence-corrected chi connectivity index (χ0v) is 12.1. The Balaban J connectivity index is 2.48. The van der Waals surface area contributed by atoms with Crippen molar-refractivity contribution in [3.05, 3.63) is 47.5 Å². The summed E-state index contributed by atoms with van der Waals surface area (Å²) in [6.45, 7) is 5.29. The zero-order chi connectivity index (χ0) is 15.4. The number of anilines is 1. The van der Waals surface area contributed by atoms with Crippen molar-refractivity contribution in [2.24, 2.45) is 0 Å². The number of carbonyl (C=O) groups excluding carboxylic acids is 1. The number of hydrogen-bond acceptors (Lipinski definition) is 3. The summed E-state index contributed by atoms with van der Waals surface area (Å²) in [5, 5.41) is 2.65. The summed E-state index contributed by atoms with van der Waals surface area (Å²) < 4.78 is 13.0. The van der Waals surface area contributed by atoms with Crippen LogP contribution in [0.1, 0.15) is 26.5 Å². The number of hydrogen-bond donors (Lipinski definition) is 1. The van der Waals surface area contributed by atoms with Gasteiger partial charge in [0.05, 0.1) is 11.9 Å². The van der Waals surface area contributed by atoms with Crippen LogP contribution in [0.4, 0.5) is 10.2 Å². The number of aromatic nitrogens is 2. The predicted molar refractivity (Wildman–Crippen MR) is 81.1 cm³/mol. The molecule has 0 aliphatic rings. The number of rotatable bonds is 3. The maximum Gasteiger partial charge on any atom is 0.222 e. The Morgan fingerprint density at radius 3 is 2.43 bits per heavy atom. The minimum absolute atomic E-state index is 0.206. The molecule has 1 heterocycles. The summed E-state index contributed by atoms with van der Waals surface area (Å²) in [5.41, 5.74) is 3.00. The van der Waals surface area contributed by atoms with Gasteiger partial charge in [0.15, 0.2) is 5.82 Å². The van der Waals surface area contributed by atoms with Crippen molar-refractivity contribution < 1.29 is 9.18 Å². The molecule has 2 aromatic rings. The van der Waals surface area contributed by atoms with Gasteiger partial charge in [0, 0.05) is 12.5 Å². The molecule has 0 saturated carbocycles. The molecule has 1 aromatic heterocycles. The molecule has 0 spiro atoms. The summed E-state index contributed by atoms with van der Waals surface area (Å²) >= 11 is 0. The Morgan fingerprint density at radius 1 is 1.19 bits per heavy atom. The molecule has 21 heavy (non-hydrogen) atoms. The lowest BCUT2D eigenvalue weighted by atomic mass is 10.1. The van der Waals surface area contributed by atoms with Gasteiger partial charge in [-0.3, -0.25) is 4.79 Å². The van der Waals surface area contributed by atoms with Crippen molar-refractivity contribution in [3.8, 4) is 11.3 Å². The normalized spacial score (nSPS) is 10.1. The lowest BCUT2D eigenvalue weighted by Gasteiger charge is -2.08. The lowest BCUT2D eigenvalue weighted by molar-refractivity contribution is -0.114. The first kappa shape index (κ1) is 14.8. The molecular weight excluding hydrogens is 269 g/mol. The van der Waals surface area contributed by atoms with Gasteiger partial charge in [-0.1, -0.05) is 5.57 Å². The molecule has 0 aliphatic carbocycles. The van der Waals surface area contributed by atoms with Crippen LogP contribution < -0.4 is 5.32 Å². The highest BCUT2D eigenvalue weighted by Gasteiger charge is 2.08. The number of nitrogens with zero attached hydrogens (tertiary/aromatic N) is 2. The Kier molecular flexibility index (Phi) is 4.42. The molecule has 0 atom stereocenters. The van der Waals surface area contributed by atoms with Crippen LogP contribution in [0.2, 0.25) is 0 Å². The molecule has 1 amide bonds. The van der Waals surface area contributed by atoms with Crippen molar-refractivity contribution >= 4 is 17.8 Å². The molecule has 1 aromatic carbocycles. The van der Waals surface area contributed by atoms with Crippen molar-refractivity contribution in [3.63, 3.8) is 0 Å². The van der Waals surface area contributed by atoms with Crippen LogP contribution in [-0.2, 0) is 4.79 Å². The van der Waals surface area contributed by atoms with Gasteiger partial charge in [0.1, 0.15) is 11.5 Å². The van der Waals surface area contributed by atoms with Gasteiger partial charge >= 0.3 is 0 Å². The SMILES string of the molecule is CC(=O)Nc1ncc(-c2ccc(F)cc2)nc1C=C(C)C. The molecule has 0 bridgehead atoms. The molecule has 5 heteroatoms. The van der Waals surface area contributed by atoms with E-state index in [4.69, 9.17) is 0 Å². The molecule has 0 radical (unpaired) electrons. The first-order valence-electron chi connectivity index (χ1n) is 6.51. The first-order chi connectivity index (χ1) is 9.95. The Bertz CT molecular complexity index is 689. The Hall–Kier alpha value is -2.56. The third-order valence-corrected chi connectivity index (χ3v) is 2.66. The van der Waals surface area contributed by atoms with E-state index in [0.717, 1.165) is 11.1 Å². The quantitative estimate of drug-likeness (QED) is 0.936. The predicted octanol–water partition coefficient (Wildman–Crippen LogP) is 3.66. The molecule has 4 nitrogen and oxygen atoms in total. The van der Waals surface area contributed by atoms with Crippen molar-refractivity contribution in [1.82, 2.24) is 9.97 Å². The van der Waals surface area contributed by atoms with E-state index in [1.807, 2.05) is 19.9 Å². The molecule has 0 unspecified atom stereocenters. The second-order valence-electron chi connectivity index (χ2n) is 4.90. The van der Waals surface area contributed by atoms with E-state index in [1.165, 1.54) is 19.1 Å². The van der Waals surface area contributed by atoms with Crippen LogP contribution in [-0.4, -0.2) is 15.9 Å². The molecule has 108 valence electrons.